The number of nitriles is 1. The van der Waals surface area contributed by atoms with Gasteiger partial charge in [0.1, 0.15) is 11.0 Å². The number of rotatable bonds is 4. The fourth-order valence-corrected chi connectivity index (χ4v) is 3.13. The Labute approximate surface area is 124 Å². The Morgan fingerprint density at radius 1 is 1.38 bits per heavy atom. The van der Waals surface area contributed by atoms with E-state index in [-0.39, 0.29) is 9.80 Å². The zero-order valence-electron chi connectivity index (χ0n) is 11.8. The topological polar surface area (TPSA) is 75.8 Å². The molecule has 0 fully saturated rings. The summed E-state index contributed by atoms with van der Waals surface area (Å²) in [5, 5.41) is 13.4. The lowest BCUT2D eigenvalue weighted by Crippen LogP contribution is -2.03. The van der Waals surface area contributed by atoms with E-state index in [1.807, 2.05) is 13.8 Å². The zero-order chi connectivity index (χ0) is 15.5. The number of nitrogens with zero attached hydrogens (tertiary/aromatic N) is 3. The summed E-state index contributed by atoms with van der Waals surface area (Å²) in [6.45, 7) is 4.47. The summed E-state index contributed by atoms with van der Waals surface area (Å²) in [6.07, 6.45) is 2.94. The minimum atomic E-state index is -3.80. The Hall–Kier alpha value is -2.39. The smallest absolute Gasteiger partial charge is 0.216 e. The molecule has 0 atom stereocenters. The molecule has 0 aliphatic heterocycles. The number of aryl methyl sites for hydroxylation is 1. The molecule has 0 N–H and O–H groups in total. The van der Waals surface area contributed by atoms with Crippen LogP contribution in [-0.2, 0) is 16.4 Å². The molecule has 0 aliphatic rings. The van der Waals surface area contributed by atoms with Gasteiger partial charge in [0.15, 0.2) is 0 Å². The summed E-state index contributed by atoms with van der Waals surface area (Å²) in [5.41, 5.74) is 1.46. The lowest BCUT2D eigenvalue weighted by Gasteiger charge is -2.03. The Bertz CT molecular complexity index is 812. The molecule has 5 nitrogen and oxygen atoms in total. The fraction of sp³-hybridized carbons (Fsp3) is 0.200. The van der Waals surface area contributed by atoms with Gasteiger partial charge in [0, 0.05) is 17.8 Å². The molecule has 0 unspecified atom stereocenters. The molecule has 1 heterocycles. The molecule has 0 saturated carbocycles. The molecule has 0 aliphatic carbocycles. The van der Waals surface area contributed by atoms with Gasteiger partial charge in [0.05, 0.1) is 11.1 Å². The standard InChI is InChI=1S/C15H15N3O2S/c1-3-18-12(2)13(11-17-18)9-15(10-16)21(19,20)14-7-5-4-6-8-14/h4-9,11H,3H2,1-2H3/b15-9+. The van der Waals surface area contributed by atoms with E-state index in [2.05, 4.69) is 5.10 Å². The van der Waals surface area contributed by atoms with Crippen molar-refractivity contribution >= 4 is 15.9 Å². The molecule has 21 heavy (non-hydrogen) atoms. The van der Waals surface area contributed by atoms with Crippen LogP contribution in [0, 0.1) is 18.3 Å². The van der Waals surface area contributed by atoms with Crippen molar-refractivity contribution < 1.29 is 8.42 Å². The summed E-state index contributed by atoms with van der Waals surface area (Å²) in [7, 11) is -3.80. The monoisotopic (exact) mass is 301 g/mol. The van der Waals surface area contributed by atoms with Gasteiger partial charge in [-0.15, -0.1) is 0 Å². The molecule has 0 saturated heterocycles. The van der Waals surface area contributed by atoms with Crippen LogP contribution in [0.3, 0.4) is 0 Å². The van der Waals surface area contributed by atoms with Gasteiger partial charge in [-0.2, -0.15) is 10.4 Å². The van der Waals surface area contributed by atoms with Gasteiger partial charge in [-0.25, -0.2) is 8.42 Å². The van der Waals surface area contributed by atoms with Gasteiger partial charge in [0.25, 0.3) is 0 Å². The van der Waals surface area contributed by atoms with Gasteiger partial charge < -0.3 is 0 Å². The summed E-state index contributed by atoms with van der Waals surface area (Å²) in [5.74, 6) is 0. The third-order valence-corrected chi connectivity index (χ3v) is 4.86. The number of allylic oxidation sites excluding steroid dienone is 1. The maximum Gasteiger partial charge on any atom is 0.216 e. The van der Waals surface area contributed by atoms with Crippen LogP contribution in [0.5, 0.6) is 0 Å². The van der Waals surface area contributed by atoms with Gasteiger partial charge in [-0.3, -0.25) is 4.68 Å². The highest BCUT2D eigenvalue weighted by atomic mass is 32.2. The van der Waals surface area contributed by atoms with Crippen molar-refractivity contribution in [2.24, 2.45) is 0 Å². The van der Waals surface area contributed by atoms with Crippen molar-refractivity contribution in [2.75, 3.05) is 0 Å². The van der Waals surface area contributed by atoms with Crippen molar-refractivity contribution in [1.29, 1.82) is 5.26 Å². The minimum Gasteiger partial charge on any atom is -0.270 e. The third kappa shape index (κ3) is 2.88. The molecule has 0 radical (unpaired) electrons. The van der Waals surface area contributed by atoms with Gasteiger partial charge >= 0.3 is 0 Å². The SMILES string of the molecule is CCn1ncc(/C=C(\C#N)S(=O)(=O)c2ccccc2)c1C. The number of hydrogen-bond donors (Lipinski definition) is 0. The maximum absolute atomic E-state index is 12.4. The molecule has 2 rings (SSSR count). The van der Waals surface area contributed by atoms with Crippen molar-refractivity contribution in [1.82, 2.24) is 9.78 Å². The number of hydrogen-bond acceptors (Lipinski definition) is 4. The van der Waals surface area contributed by atoms with Crippen LogP contribution in [-0.4, -0.2) is 18.2 Å². The zero-order valence-corrected chi connectivity index (χ0v) is 12.6. The quantitative estimate of drug-likeness (QED) is 0.813. The average molecular weight is 301 g/mol. The van der Waals surface area contributed by atoms with Crippen molar-refractivity contribution in [3.8, 4) is 6.07 Å². The van der Waals surface area contributed by atoms with Gasteiger partial charge in [-0.05, 0) is 32.1 Å². The maximum atomic E-state index is 12.4. The largest absolute Gasteiger partial charge is 0.270 e. The predicted molar refractivity (Wildman–Crippen MR) is 79.9 cm³/mol. The number of aromatic nitrogens is 2. The van der Waals surface area contributed by atoms with Gasteiger partial charge in [0.2, 0.25) is 9.84 Å². The van der Waals surface area contributed by atoms with E-state index in [9.17, 15) is 13.7 Å². The molecule has 6 heteroatoms. The molecule has 2 aromatic rings. The average Bonchev–Trinajstić information content (AvgIpc) is 2.85. The van der Waals surface area contributed by atoms with E-state index in [1.54, 1.807) is 35.1 Å². The molecule has 0 amide bonds. The second-order valence-electron chi connectivity index (χ2n) is 4.44. The van der Waals surface area contributed by atoms with Gasteiger partial charge in [-0.1, -0.05) is 18.2 Å². The van der Waals surface area contributed by atoms with E-state index in [1.165, 1.54) is 18.2 Å². The molecule has 0 bridgehead atoms. The normalized spacial score (nSPS) is 12.1. The lowest BCUT2D eigenvalue weighted by molar-refractivity contribution is 0.603. The summed E-state index contributed by atoms with van der Waals surface area (Å²) < 4.78 is 26.6. The summed E-state index contributed by atoms with van der Waals surface area (Å²) in [4.78, 5) is -0.175. The Balaban J connectivity index is 2.52. The summed E-state index contributed by atoms with van der Waals surface area (Å²) in [6, 6.07) is 9.71. The first-order valence-electron chi connectivity index (χ1n) is 6.45. The molecular formula is C15H15N3O2S. The highest BCUT2D eigenvalue weighted by molar-refractivity contribution is 7.95. The van der Waals surface area contributed by atoms with Crippen LogP contribution in [0.2, 0.25) is 0 Å². The van der Waals surface area contributed by atoms with Crippen LogP contribution in [0.4, 0.5) is 0 Å². The first kappa shape index (κ1) is 15.0. The van der Waals surface area contributed by atoms with Crippen molar-refractivity contribution in [3.63, 3.8) is 0 Å². The first-order chi connectivity index (χ1) is 10.0. The van der Waals surface area contributed by atoms with E-state index in [0.717, 1.165) is 5.69 Å². The number of sulfone groups is 1. The Kier molecular flexibility index (Phi) is 4.24. The minimum absolute atomic E-state index is 0.110. The molecule has 0 spiro atoms. The predicted octanol–water partition coefficient (Wildman–Crippen LogP) is 2.55. The highest BCUT2D eigenvalue weighted by Gasteiger charge is 2.21. The highest BCUT2D eigenvalue weighted by Crippen LogP contribution is 2.22. The van der Waals surface area contributed by atoms with Crippen LogP contribution >= 0.6 is 0 Å². The van der Waals surface area contributed by atoms with E-state index in [4.69, 9.17) is 0 Å². The Morgan fingerprint density at radius 2 is 2.05 bits per heavy atom. The second-order valence-corrected chi connectivity index (χ2v) is 6.36. The van der Waals surface area contributed by atoms with Crippen LogP contribution in [0.1, 0.15) is 18.2 Å². The van der Waals surface area contributed by atoms with Crippen LogP contribution in [0.15, 0.2) is 46.3 Å². The summed E-state index contributed by atoms with van der Waals surface area (Å²) >= 11 is 0. The molecule has 108 valence electrons. The molecular weight excluding hydrogens is 286 g/mol. The van der Waals surface area contributed by atoms with E-state index < -0.39 is 9.84 Å². The van der Waals surface area contributed by atoms with Crippen LogP contribution < -0.4 is 0 Å². The molecule has 1 aromatic carbocycles. The molecule has 1 aromatic heterocycles. The Morgan fingerprint density at radius 3 is 2.57 bits per heavy atom. The van der Waals surface area contributed by atoms with E-state index >= 15 is 0 Å². The fourth-order valence-electron chi connectivity index (χ4n) is 1.96. The lowest BCUT2D eigenvalue weighted by atomic mass is 10.2. The van der Waals surface area contributed by atoms with Crippen molar-refractivity contribution in [3.05, 3.63) is 52.7 Å². The van der Waals surface area contributed by atoms with Crippen LogP contribution in [0.25, 0.3) is 6.08 Å². The third-order valence-electron chi connectivity index (χ3n) is 3.18. The first-order valence-corrected chi connectivity index (χ1v) is 7.93. The van der Waals surface area contributed by atoms with Crippen molar-refractivity contribution in [2.45, 2.75) is 25.3 Å². The second kappa shape index (κ2) is 5.94. The number of benzene rings is 1. The van der Waals surface area contributed by atoms with E-state index in [0.29, 0.717) is 12.1 Å².